The molecule has 0 saturated carbocycles. The number of hydrogen-bond donors (Lipinski definition) is 1. The molecule has 0 radical (unpaired) electrons. The van der Waals surface area contributed by atoms with Crippen LogP contribution < -0.4 is 5.32 Å². The molecular weight excluding hydrogens is 256 g/mol. The molecule has 0 aliphatic carbocycles. The smallest absolute Gasteiger partial charge is 0.230 e. The summed E-state index contributed by atoms with van der Waals surface area (Å²) in [7, 11) is 0. The van der Waals surface area contributed by atoms with Crippen molar-refractivity contribution in [2.24, 2.45) is 0 Å². The van der Waals surface area contributed by atoms with E-state index in [1.165, 1.54) is 5.56 Å². The lowest BCUT2D eigenvalue weighted by molar-refractivity contribution is -0.118. The van der Waals surface area contributed by atoms with Gasteiger partial charge in [-0.15, -0.1) is 0 Å². The van der Waals surface area contributed by atoms with Crippen molar-refractivity contribution in [1.82, 2.24) is 10.2 Å². The molecule has 0 atom stereocenters. The molecule has 0 heterocycles. The molecule has 1 aromatic carbocycles. The second-order valence-corrected chi connectivity index (χ2v) is 5.35. The van der Waals surface area contributed by atoms with Gasteiger partial charge in [0.25, 0.3) is 0 Å². The van der Waals surface area contributed by atoms with Gasteiger partial charge in [0, 0.05) is 13.1 Å². The summed E-state index contributed by atoms with van der Waals surface area (Å²) in [6.07, 6.45) is 1.93. The van der Waals surface area contributed by atoms with Gasteiger partial charge in [-0.2, -0.15) is 11.8 Å². The first-order chi connectivity index (χ1) is 9.19. The minimum atomic E-state index is 0.0970. The summed E-state index contributed by atoms with van der Waals surface area (Å²) in [5.41, 5.74) is 2.47. The molecule has 1 rings (SSSR count). The Morgan fingerprint density at radius 2 is 1.74 bits per heavy atom. The van der Waals surface area contributed by atoms with Crippen LogP contribution in [0.3, 0.4) is 0 Å². The largest absolute Gasteiger partial charge is 0.351 e. The number of thioether (sulfide) groups is 1. The molecule has 19 heavy (non-hydrogen) atoms. The molecule has 0 aliphatic rings. The van der Waals surface area contributed by atoms with E-state index in [1.807, 2.05) is 6.26 Å². The average molecular weight is 280 g/mol. The van der Waals surface area contributed by atoms with Crippen LogP contribution in [-0.4, -0.2) is 35.9 Å². The molecule has 0 bridgehead atoms. The van der Waals surface area contributed by atoms with E-state index in [0.29, 0.717) is 12.3 Å². The van der Waals surface area contributed by atoms with Gasteiger partial charge in [-0.1, -0.05) is 38.1 Å². The Kier molecular flexibility index (Phi) is 7.60. The van der Waals surface area contributed by atoms with Crippen LogP contribution in [0.4, 0.5) is 0 Å². The Balaban J connectivity index is 2.45. The molecule has 106 valence electrons. The van der Waals surface area contributed by atoms with E-state index < -0.39 is 0 Å². The number of amides is 1. The molecule has 1 N–H and O–H groups in total. The fourth-order valence-corrected chi connectivity index (χ4v) is 2.21. The highest BCUT2D eigenvalue weighted by Gasteiger charge is 2.02. The Bertz CT molecular complexity index is 374. The fourth-order valence-electron chi connectivity index (χ4n) is 1.85. The highest BCUT2D eigenvalue weighted by Crippen LogP contribution is 2.07. The summed E-state index contributed by atoms with van der Waals surface area (Å²) in [4.78, 5) is 13.8. The SMILES string of the molecule is CCN(CC)Cc1ccc(CNC(=O)CSC)cc1. The zero-order chi connectivity index (χ0) is 14.1. The van der Waals surface area contributed by atoms with Crippen molar-refractivity contribution in [1.29, 1.82) is 0 Å². The third-order valence-electron chi connectivity index (χ3n) is 3.09. The Hall–Kier alpha value is -1.00. The van der Waals surface area contributed by atoms with E-state index in [1.54, 1.807) is 11.8 Å². The minimum absolute atomic E-state index is 0.0970. The van der Waals surface area contributed by atoms with Crippen LogP contribution in [0.5, 0.6) is 0 Å². The van der Waals surface area contributed by atoms with Crippen molar-refractivity contribution in [3.05, 3.63) is 35.4 Å². The Morgan fingerprint density at radius 1 is 1.16 bits per heavy atom. The zero-order valence-electron chi connectivity index (χ0n) is 12.1. The maximum absolute atomic E-state index is 11.4. The zero-order valence-corrected chi connectivity index (χ0v) is 12.9. The van der Waals surface area contributed by atoms with Gasteiger partial charge in [-0.3, -0.25) is 9.69 Å². The number of nitrogens with zero attached hydrogens (tertiary/aromatic N) is 1. The molecule has 0 unspecified atom stereocenters. The Morgan fingerprint density at radius 3 is 2.26 bits per heavy atom. The van der Waals surface area contributed by atoms with Crippen molar-refractivity contribution in [3.63, 3.8) is 0 Å². The third-order valence-corrected chi connectivity index (χ3v) is 3.64. The van der Waals surface area contributed by atoms with Crippen molar-refractivity contribution in [3.8, 4) is 0 Å². The quantitative estimate of drug-likeness (QED) is 0.794. The molecule has 0 aliphatic heterocycles. The van der Waals surface area contributed by atoms with Crippen molar-refractivity contribution in [2.45, 2.75) is 26.9 Å². The second-order valence-electron chi connectivity index (χ2n) is 4.49. The number of benzene rings is 1. The molecular formula is C15H24N2OS. The molecule has 0 fully saturated rings. The number of carbonyl (C=O) groups excluding carboxylic acids is 1. The van der Waals surface area contributed by atoms with Gasteiger partial charge in [0.2, 0.25) is 5.91 Å². The normalized spacial score (nSPS) is 10.7. The van der Waals surface area contributed by atoms with Crippen molar-refractivity contribution < 1.29 is 4.79 Å². The Labute approximate surface area is 120 Å². The van der Waals surface area contributed by atoms with Crippen LogP contribution in [0.25, 0.3) is 0 Å². The van der Waals surface area contributed by atoms with E-state index in [-0.39, 0.29) is 5.91 Å². The molecule has 3 nitrogen and oxygen atoms in total. The van der Waals surface area contributed by atoms with Gasteiger partial charge < -0.3 is 5.32 Å². The van der Waals surface area contributed by atoms with Gasteiger partial charge >= 0.3 is 0 Å². The van der Waals surface area contributed by atoms with Gasteiger partial charge in [0.15, 0.2) is 0 Å². The van der Waals surface area contributed by atoms with Gasteiger partial charge in [0.05, 0.1) is 5.75 Å². The minimum Gasteiger partial charge on any atom is -0.351 e. The van der Waals surface area contributed by atoms with Crippen LogP contribution in [0.1, 0.15) is 25.0 Å². The number of carbonyl (C=O) groups is 1. The van der Waals surface area contributed by atoms with Crippen LogP contribution in [0, 0.1) is 0 Å². The first-order valence-electron chi connectivity index (χ1n) is 6.75. The highest BCUT2D eigenvalue weighted by molar-refractivity contribution is 7.99. The summed E-state index contributed by atoms with van der Waals surface area (Å²) >= 11 is 1.54. The van der Waals surface area contributed by atoms with E-state index in [2.05, 4.69) is 48.3 Å². The van der Waals surface area contributed by atoms with Crippen LogP contribution in [0.15, 0.2) is 24.3 Å². The van der Waals surface area contributed by atoms with E-state index in [0.717, 1.165) is 25.2 Å². The fraction of sp³-hybridized carbons (Fsp3) is 0.533. The number of nitrogens with one attached hydrogen (secondary N) is 1. The third kappa shape index (κ3) is 6.12. The van der Waals surface area contributed by atoms with Crippen LogP contribution >= 0.6 is 11.8 Å². The molecule has 0 aromatic heterocycles. The van der Waals surface area contributed by atoms with Crippen LogP contribution in [-0.2, 0) is 17.9 Å². The number of hydrogen-bond acceptors (Lipinski definition) is 3. The first-order valence-corrected chi connectivity index (χ1v) is 8.14. The molecule has 0 saturated heterocycles. The van der Waals surface area contributed by atoms with Crippen molar-refractivity contribution >= 4 is 17.7 Å². The molecule has 1 amide bonds. The predicted molar refractivity (Wildman–Crippen MR) is 83.3 cm³/mol. The van der Waals surface area contributed by atoms with Gasteiger partial charge in [-0.25, -0.2) is 0 Å². The average Bonchev–Trinajstić information content (AvgIpc) is 2.44. The summed E-state index contributed by atoms with van der Waals surface area (Å²) in [6.45, 7) is 8.11. The maximum Gasteiger partial charge on any atom is 0.230 e. The van der Waals surface area contributed by atoms with Crippen molar-refractivity contribution in [2.75, 3.05) is 25.1 Å². The van der Waals surface area contributed by atoms with Crippen LogP contribution in [0.2, 0.25) is 0 Å². The monoisotopic (exact) mass is 280 g/mol. The standard InChI is InChI=1S/C15H24N2OS/c1-4-17(5-2)11-14-8-6-13(7-9-14)10-16-15(18)12-19-3/h6-9H,4-5,10-12H2,1-3H3,(H,16,18). The molecule has 4 heteroatoms. The van der Waals surface area contributed by atoms with Gasteiger partial charge in [0.1, 0.15) is 0 Å². The molecule has 1 aromatic rings. The lowest BCUT2D eigenvalue weighted by Crippen LogP contribution is -2.24. The highest BCUT2D eigenvalue weighted by atomic mass is 32.2. The van der Waals surface area contributed by atoms with E-state index in [4.69, 9.17) is 0 Å². The van der Waals surface area contributed by atoms with E-state index in [9.17, 15) is 4.79 Å². The topological polar surface area (TPSA) is 32.3 Å². The summed E-state index contributed by atoms with van der Waals surface area (Å²) in [5.74, 6) is 0.625. The molecule has 0 spiro atoms. The lowest BCUT2D eigenvalue weighted by Gasteiger charge is -2.18. The summed E-state index contributed by atoms with van der Waals surface area (Å²) in [6, 6.07) is 8.49. The first kappa shape index (κ1) is 16.1. The number of rotatable bonds is 8. The summed E-state index contributed by atoms with van der Waals surface area (Å²) in [5, 5.41) is 2.91. The maximum atomic E-state index is 11.4. The summed E-state index contributed by atoms with van der Waals surface area (Å²) < 4.78 is 0. The predicted octanol–water partition coefficient (Wildman–Crippen LogP) is 2.51. The lowest BCUT2D eigenvalue weighted by atomic mass is 10.1. The second kappa shape index (κ2) is 8.99. The van der Waals surface area contributed by atoms with E-state index >= 15 is 0 Å². The van der Waals surface area contributed by atoms with Gasteiger partial charge in [-0.05, 0) is 30.5 Å².